The number of benzene rings is 2. The second-order valence-electron chi connectivity index (χ2n) is 6.23. The van der Waals surface area contributed by atoms with Gasteiger partial charge in [-0.25, -0.2) is 0 Å². The largest absolute Gasteiger partial charge is 0.309 e. The molecule has 2 nitrogen and oxygen atoms in total. The molecule has 0 fully saturated rings. The van der Waals surface area contributed by atoms with E-state index in [1.54, 1.807) is 0 Å². The fourth-order valence-corrected chi connectivity index (χ4v) is 3.53. The number of rotatable bonds is 2. The Balaban J connectivity index is 2.13. The lowest BCUT2D eigenvalue weighted by Gasteiger charge is -2.40. The maximum absolute atomic E-state index is 12.4. The van der Waals surface area contributed by atoms with Crippen molar-refractivity contribution in [2.45, 2.75) is 45.6 Å². The first kappa shape index (κ1) is 14.8. The minimum Gasteiger partial charge on any atom is -0.309 e. The van der Waals surface area contributed by atoms with Gasteiger partial charge in [0.05, 0.1) is 0 Å². The molecule has 22 heavy (non-hydrogen) atoms. The van der Waals surface area contributed by atoms with Crippen molar-refractivity contribution in [1.29, 1.82) is 0 Å². The van der Waals surface area contributed by atoms with Crippen LogP contribution in [0.5, 0.6) is 0 Å². The molecular weight excluding hydrogens is 270 g/mol. The third-order valence-electron chi connectivity index (χ3n) is 4.61. The van der Waals surface area contributed by atoms with Crippen LogP contribution in [-0.4, -0.2) is 11.9 Å². The van der Waals surface area contributed by atoms with Crippen molar-refractivity contribution in [2.24, 2.45) is 0 Å². The first-order valence-electron chi connectivity index (χ1n) is 8.09. The van der Waals surface area contributed by atoms with Crippen LogP contribution in [0, 0.1) is 6.92 Å². The van der Waals surface area contributed by atoms with Gasteiger partial charge in [-0.3, -0.25) is 4.79 Å². The van der Waals surface area contributed by atoms with Crippen LogP contribution in [0.2, 0.25) is 0 Å². The molecule has 114 valence electrons. The third kappa shape index (κ3) is 2.54. The van der Waals surface area contributed by atoms with E-state index in [1.807, 2.05) is 11.8 Å². The molecule has 0 aromatic heterocycles. The van der Waals surface area contributed by atoms with Crippen molar-refractivity contribution < 1.29 is 4.79 Å². The topological polar surface area (TPSA) is 20.3 Å². The molecule has 3 rings (SSSR count). The van der Waals surface area contributed by atoms with Crippen molar-refractivity contribution >= 4 is 11.6 Å². The van der Waals surface area contributed by atoms with E-state index < -0.39 is 0 Å². The molecule has 0 saturated carbocycles. The van der Waals surface area contributed by atoms with Gasteiger partial charge in [0.2, 0.25) is 5.91 Å². The third-order valence-corrected chi connectivity index (χ3v) is 4.61. The zero-order valence-electron chi connectivity index (χ0n) is 13.5. The molecule has 0 bridgehead atoms. The van der Waals surface area contributed by atoms with E-state index in [4.69, 9.17) is 0 Å². The summed E-state index contributed by atoms with van der Waals surface area (Å²) in [4.78, 5) is 14.4. The maximum atomic E-state index is 12.4. The van der Waals surface area contributed by atoms with Crippen LogP contribution in [0.25, 0.3) is 0 Å². The predicted octanol–water partition coefficient (Wildman–Crippen LogP) is 4.66. The Hall–Kier alpha value is -2.09. The van der Waals surface area contributed by atoms with Crippen molar-refractivity contribution in [3.63, 3.8) is 0 Å². The van der Waals surface area contributed by atoms with Gasteiger partial charge in [0.1, 0.15) is 0 Å². The molecule has 1 heterocycles. The molecule has 1 aliphatic rings. The van der Waals surface area contributed by atoms with Gasteiger partial charge < -0.3 is 4.90 Å². The number of hydrogen-bond donors (Lipinski definition) is 0. The van der Waals surface area contributed by atoms with Gasteiger partial charge in [-0.2, -0.15) is 0 Å². The summed E-state index contributed by atoms with van der Waals surface area (Å²) in [6, 6.07) is 17.3. The summed E-state index contributed by atoms with van der Waals surface area (Å²) in [5, 5.41) is 0. The van der Waals surface area contributed by atoms with E-state index in [0.29, 0.717) is 12.3 Å². The lowest BCUT2D eigenvalue weighted by atomic mass is 9.80. The molecule has 2 aromatic rings. The smallest absolute Gasteiger partial charge is 0.226 e. The molecule has 2 atom stereocenters. The van der Waals surface area contributed by atoms with Crippen molar-refractivity contribution in [3.05, 3.63) is 65.2 Å². The van der Waals surface area contributed by atoms with E-state index >= 15 is 0 Å². The Morgan fingerprint density at radius 2 is 1.91 bits per heavy atom. The highest BCUT2D eigenvalue weighted by Crippen LogP contribution is 2.42. The van der Waals surface area contributed by atoms with Crippen LogP contribution < -0.4 is 4.90 Å². The standard InChI is InChI=1S/C20H23NO/c1-4-20(22)21-15(3)13-17(16-8-6-5-7-9-16)18-12-14(2)10-11-19(18)21/h5-12,15,17H,4,13H2,1-3H3/t15-,17+/m0/s1. The van der Waals surface area contributed by atoms with E-state index in [9.17, 15) is 4.79 Å². The number of aryl methyl sites for hydroxylation is 1. The minimum absolute atomic E-state index is 0.212. The number of fused-ring (bicyclic) bond motifs is 1. The molecule has 0 aliphatic carbocycles. The first-order valence-corrected chi connectivity index (χ1v) is 8.09. The summed E-state index contributed by atoms with van der Waals surface area (Å²) >= 11 is 0. The van der Waals surface area contributed by atoms with Crippen LogP contribution in [0.3, 0.4) is 0 Å². The number of carbonyl (C=O) groups is 1. The summed E-state index contributed by atoms with van der Waals surface area (Å²) in [6.07, 6.45) is 1.53. The van der Waals surface area contributed by atoms with Crippen molar-refractivity contribution in [2.75, 3.05) is 4.90 Å². The Kier molecular flexibility index (Phi) is 4.02. The van der Waals surface area contributed by atoms with Gasteiger partial charge >= 0.3 is 0 Å². The Morgan fingerprint density at radius 1 is 1.18 bits per heavy atom. The molecule has 1 aliphatic heterocycles. The summed E-state index contributed by atoms with van der Waals surface area (Å²) in [5.74, 6) is 0.580. The highest BCUT2D eigenvalue weighted by Gasteiger charge is 2.33. The monoisotopic (exact) mass is 293 g/mol. The van der Waals surface area contributed by atoms with Gasteiger partial charge in [-0.1, -0.05) is 55.0 Å². The van der Waals surface area contributed by atoms with Crippen LogP contribution in [0.1, 0.15) is 49.3 Å². The average molecular weight is 293 g/mol. The molecule has 0 spiro atoms. The maximum Gasteiger partial charge on any atom is 0.226 e. The van der Waals surface area contributed by atoms with Crippen molar-refractivity contribution in [3.8, 4) is 0 Å². The molecule has 2 heteroatoms. The number of hydrogen-bond acceptors (Lipinski definition) is 1. The SMILES string of the molecule is CCC(=O)N1c2ccc(C)cc2[C@@H](c2ccccc2)C[C@@H]1C. The molecule has 0 N–H and O–H groups in total. The van der Waals surface area contributed by atoms with Crippen LogP contribution in [0.15, 0.2) is 48.5 Å². The van der Waals surface area contributed by atoms with Crippen molar-refractivity contribution in [1.82, 2.24) is 0 Å². The molecular formula is C20H23NO. The van der Waals surface area contributed by atoms with E-state index in [-0.39, 0.29) is 11.9 Å². The van der Waals surface area contributed by atoms with E-state index in [1.165, 1.54) is 16.7 Å². The summed E-state index contributed by atoms with van der Waals surface area (Å²) < 4.78 is 0. The zero-order chi connectivity index (χ0) is 15.7. The molecule has 1 amide bonds. The Bertz CT molecular complexity index is 677. The summed E-state index contributed by atoms with van der Waals surface area (Å²) in [6.45, 7) is 6.21. The molecule has 0 saturated heterocycles. The highest BCUT2D eigenvalue weighted by atomic mass is 16.2. The number of carbonyl (C=O) groups excluding carboxylic acids is 1. The Morgan fingerprint density at radius 3 is 2.59 bits per heavy atom. The van der Waals surface area contributed by atoms with Crippen LogP contribution >= 0.6 is 0 Å². The lowest BCUT2D eigenvalue weighted by Crippen LogP contribution is -2.43. The summed E-state index contributed by atoms with van der Waals surface area (Å²) in [7, 11) is 0. The van der Waals surface area contributed by atoms with Crippen LogP contribution in [0.4, 0.5) is 5.69 Å². The quantitative estimate of drug-likeness (QED) is 0.788. The predicted molar refractivity (Wildman–Crippen MR) is 91.3 cm³/mol. The second kappa shape index (κ2) is 5.96. The highest BCUT2D eigenvalue weighted by molar-refractivity contribution is 5.95. The normalized spacial score (nSPS) is 20.6. The number of nitrogens with zero attached hydrogens (tertiary/aromatic N) is 1. The average Bonchev–Trinajstić information content (AvgIpc) is 2.54. The minimum atomic E-state index is 0.212. The molecule has 0 radical (unpaired) electrons. The Labute approximate surface area is 132 Å². The van der Waals surface area contributed by atoms with Gasteiger partial charge in [0.15, 0.2) is 0 Å². The first-order chi connectivity index (χ1) is 10.6. The lowest BCUT2D eigenvalue weighted by molar-refractivity contribution is -0.118. The zero-order valence-corrected chi connectivity index (χ0v) is 13.5. The van der Waals surface area contributed by atoms with Crippen LogP contribution in [-0.2, 0) is 4.79 Å². The van der Waals surface area contributed by atoms with E-state index in [2.05, 4.69) is 62.4 Å². The molecule has 2 aromatic carbocycles. The fourth-order valence-electron chi connectivity index (χ4n) is 3.53. The second-order valence-corrected chi connectivity index (χ2v) is 6.23. The van der Waals surface area contributed by atoms with Gasteiger partial charge in [0, 0.05) is 24.1 Å². The van der Waals surface area contributed by atoms with E-state index in [0.717, 1.165) is 12.1 Å². The molecule has 0 unspecified atom stereocenters. The number of anilines is 1. The number of amides is 1. The van der Waals surface area contributed by atoms with Gasteiger partial charge in [-0.15, -0.1) is 0 Å². The summed E-state index contributed by atoms with van der Waals surface area (Å²) in [5.41, 5.74) is 4.96. The van der Waals surface area contributed by atoms with Gasteiger partial charge in [-0.05, 0) is 37.5 Å². The van der Waals surface area contributed by atoms with Gasteiger partial charge in [0.25, 0.3) is 0 Å². The fraction of sp³-hybridized carbons (Fsp3) is 0.350.